The predicted molar refractivity (Wildman–Crippen MR) is 215 cm³/mol. The summed E-state index contributed by atoms with van der Waals surface area (Å²) in [6, 6.07) is 48.0. The fourth-order valence-electron chi connectivity index (χ4n) is 6.77. The molecule has 0 spiro atoms. The van der Waals surface area contributed by atoms with E-state index in [-0.39, 0.29) is 0 Å². The van der Waals surface area contributed by atoms with Gasteiger partial charge in [-0.1, -0.05) is 140 Å². The van der Waals surface area contributed by atoms with Gasteiger partial charge in [0.15, 0.2) is 17.5 Å². The molecule has 242 valence electrons. The number of fused-ring (bicyclic) bond motifs is 6. The number of furan rings is 1. The summed E-state index contributed by atoms with van der Waals surface area (Å²) in [7, 11) is 0. The van der Waals surface area contributed by atoms with Crippen LogP contribution >= 0.6 is 11.3 Å². The van der Waals surface area contributed by atoms with Crippen LogP contribution in [0.3, 0.4) is 0 Å². The van der Waals surface area contributed by atoms with Gasteiger partial charge >= 0.3 is 0 Å². The molecule has 3 heterocycles. The van der Waals surface area contributed by atoms with Crippen molar-refractivity contribution in [1.82, 2.24) is 15.0 Å². The van der Waals surface area contributed by atoms with Crippen molar-refractivity contribution in [2.45, 2.75) is 6.92 Å². The lowest BCUT2D eigenvalue weighted by Gasteiger charge is -2.14. The van der Waals surface area contributed by atoms with Crippen molar-refractivity contribution in [3.63, 3.8) is 0 Å². The molecule has 0 atom stereocenters. The first-order valence-electron chi connectivity index (χ1n) is 16.9. The molecule has 0 N–H and O–H groups in total. The maximum Gasteiger partial charge on any atom is 0.167 e. The molecule has 0 aliphatic rings. The van der Waals surface area contributed by atoms with Gasteiger partial charge in [-0.2, -0.15) is 0 Å². The zero-order valence-electron chi connectivity index (χ0n) is 27.9. The molecule has 5 heteroatoms. The fraction of sp³-hybridized carbons (Fsp3) is 0.0217. The number of para-hydroxylation sites is 2. The molecule has 6 aromatic carbocycles. The third kappa shape index (κ3) is 5.45. The van der Waals surface area contributed by atoms with E-state index >= 15 is 0 Å². The Morgan fingerprint density at radius 3 is 2.08 bits per heavy atom. The number of allylic oxidation sites excluding steroid dienone is 5. The van der Waals surface area contributed by atoms with Crippen LogP contribution in [-0.4, -0.2) is 15.0 Å². The van der Waals surface area contributed by atoms with E-state index in [0.717, 1.165) is 60.7 Å². The molecule has 0 unspecified atom stereocenters. The summed E-state index contributed by atoms with van der Waals surface area (Å²) < 4.78 is 8.90. The fourth-order valence-corrected chi connectivity index (χ4v) is 7.91. The number of benzene rings is 6. The van der Waals surface area contributed by atoms with Crippen LogP contribution in [-0.2, 0) is 0 Å². The van der Waals surface area contributed by atoms with Gasteiger partial charge < -0.3 is 4.42 Å². The summed E-state index contributed by atoms with van der Waals surface area (Å²) in [6.45, 7) is 6.60. The molecule has 0 saturated heterocycles. The molecule has 9 rings (SSSR count). The predicted octanol–water partition coefficient (Wildman–Crippen LogP) is 12.8. The number of nitrogens with zero attached hydrogens (tertiary/aromatic N) is 3. The van der Waals surface area contributed by atoms with Gasteiger partial charge in [-0.15, -0.1) is 11.3 Å². The van der Waals surface area contributed by atoms with Crippen molar-refractivity contribution in [1.29, 1.82) is 0 Å². The maximum absolute atomic E-state index is 6.49. The Kier molecular flexibility index (Phi) is 7.68. The maximum atomic E-state index is 6.49. The summed E-state index contributed by atoms with van der Waals surface area (Å²) in [6.07, 6.45) is 6.05. The number of hydrogen-bond donors (Lipinski definition) is 0. The van der Waals surface area contributed by atoms with Gasteiger partial charge in [0.25, 0.3) is 0 Å². The Morgan fingerprint density at radius 2 is 1.25 bits per heavy atom. The lowest BCUT2D eigenvalue weighted by molar-refractivity contribution is 0.669. The summed E-state index contributed by atoms with van der Waals surface area (Å²) in [4.78, 5) is 15.7. The van der Waals surface area contributed by atoms with Crippen LogP contribution in [0.4, 0.5) is 0 Å². The van der Waals surface area contributed by atoms with Crippen molar-refractivity contribution in [3.8, 4) is 33.9 Å². The molecular formula is C46H31N3OS. The summed E-state index contributed by atoms with van der Waals surface area (Å²) in [5.41, 5.74) is 8.25. The summed E-state index contributed by atoms with van der Waals surface area (Å²) in [5.74, 6) is 1.67. The third-order valence-corrected chi connectivity index (χ3v) is 10.4. The van der Waals surface area contributed by atoms with E-state index in [1.165, 1.54) is 20.3 Å². The highest BCUT2D eigenvalue weighted by atomic mass is 32.1. The van der Waals surface area contributed by atoms with E-state index in [9.17, 15) is 0 Å². The summed E-state index contributed by atoms with van der Waals surface area (Å²) >= 11 is 1.78. The minimum Gasteiger partial charge on any atom is -0.455 e. The zero-order chi connectivity index (χ0) is 34.3. The van der Waals surface area contributed by atoms with Gasteiger partial charge in [0.05, 0.1) is 5.56 Å². The Hall–Kier alpha value is -6.43. The van der Waals surface area contributed by atoms with E-state index in [4.69, 9.17) is 19.4 Å². The Morgan fingerprint density at radius 1 is 0.608 bits per heavy atom. The monoisotopic (exact) mass is 673 g/mol. The molecule has 4 nitrogen and oxygen atoms in total. The van der Waals surface area contributed by atoms with Gasteiger partial charge in [0.2, 0.25) is 0 Å². The normalized spacial score (nSPS) is 12.1. The molecule has 0 amide bonds. The lowest BCUT2D eigenvalue weighted by Crippen LogP contribution is -2.04. The zero-order valence-corrected chi connectivity index (χ0v) is 28.7. The van der Waals surface area contributed by atoms with Crippen LogP contribution in [0.5, 0.6) is 0 Å². The second kappa shape index (κ2) is 12.8. The second-order valence-electron chi connectivity index (χ2n) is 12.4. The highest BCUT2D eigenvalue weighted by Crippen LogP contribution is 2.41. The molecule has 0 aliphatic carbocycles. The largest absolute Gasteiger partial charge is 0.455 e. The standard InChI is InChI=1S/C46H31N3OS/c1-3-4-16-33(29(2)30-25-27-32(28-26-30)31-14-6-5-7-15-31)44-47-45(37-20-13-24-41-42(37)36-18-9-11-23-40(36)51-41)49-46(48-44)38-21-12-19-35-34-17-8-10-22-39(34)50-43(35)38/h3-28H,2H2,1H3/b4-3-,33-16+. The third-order valence-electron chi connectivity index (χ3n) is 9.29. The smallest absolute Gasteiger partial charge is 0.167 e. The van der Waals surface area contributed by atoms with Crippen LogP contribution in [0.15, 0.2) is 169 Å². The quantitative estimate of drug-likeness (QED) is 0.158. The van der Waals surface area contributed by atoms with Crippen LogP contribution in [0, 0.1) is 0 Å². The first-order chi connectivity index (χ1) is 25.2. The van der Waals surface area contributed by atoms with Crippen molar-refractivity contribution < 1.29 is 4.42 Å². The molecule has 0 aliphatic heterocycles. The minimum absolute atomic E-state index is 0.537. The number of hydrogen-bond acceptors (Lipinski definition) is 5. The molecule has 51 heavy (non-hydrogen) atoms. The highest BCUT2D eigenvalue weighted by Gasteiger charge is 2.21. The molecule has 9 aromatic rings. The lowest BCUT2D eigenvalue weighted by atomic mass is 9.95. The molecule has 0 bridgehead atoms. The Bertz CT molecular complexity index is 2820. The van der Waals surface area contributed by atoms with Crippen LogP contribution < -0.4 is 0 Å². The van der Waals surface area contributed by atoms with Crippen molar-refractivity contribution in [2.24, 2.45) is 0 Å². The minimum atomic E-state index is 0.537. The first kappa shape index (κ1) is 30.6. The van der Waals surface area contributed by atoms with Gasteiger partial charge in [0, 0.05) is 42.1 Å². The highest BCUT2D eigenvalue weighted by molar-refractivity contribution is 7.25. The van der Waals surface area contributed by atoms with E-state index < -0.39 is 0 Å². The van der Waals surface area contributed by atoms with Crippen molar-refractivity contribution >= 4 is 64.6 Å². The summed E-state index contributed by atoms with van der Waals surface area (Å²) in [5, 5.41) is 4.39. The van der Waals surface area contributed by atoms with Gasteiger partial charge in [0.1, 0.15) is 11.2 Å². The number of thiophene rings is 1. The number of rotatable bonds is 7. The Balaban J connectivity index is 1.27. The average Bonchev–Trinajstić information content (AvgIpc) is 3.77. The van der Waals surface area contributed by atoms with Crippen LogP contribution in [0.1, 0.15) is 18.3 Å². The van der Waals surface area contributed by atoms with Crippen molar-refractivity contribution in [2.75, 3.05) is 0 Å². The SMILES string of the molecule is C=C(/C(=C\C=C/C)c1nc(-c2cccc3c2oc2ccccc23)nc(-c2cccc3sc4ccccc4c23)n1)c1ccc(-c2ccccc2)cc1. The molecule has 0 saturated carbocycles. The Labute approximate surface area is 299 Å². The molecule has 0 radical (unpaired) electrons. The van der Waals surface area contributed by atoms with E-state index in [0.29, 0.717) is 17.5 Å². The van der Waals surface area contributed by atoms with Gasteiger partial charge in [-0.25, -0.2) is 15.0 Å². The van der Waals surface area contributed by atoms with Gasteiger partial charge in [-0.05, 0) is 53.5 Å². The van der Waals surface area contributed by atoms with Crippen molar-refractivity contribution in [3.05, 3.63) is 176 Å². The molecule has 0 fully saturated rings. The van der Waals surface area contributed by atoms with Gasteiger partial charge in [-0.3, -0.25) is 0 Å². The van der Waals surface area contributed by atoms with E-state index in [2.05, 4.69) is 110 Å². The van der Waals surface area contributed by atoms with Crippen LogP contribution in [0.25, 0.3) is 87.2 Å². The number of aromatic nitrogens is 3. The average molecular weight is 674 g/mol. The van der Waals surface area contributed by atoms with E-state index in [1.54, 1.807) is 11.3 Å². The first-order valence-corrected chi connectivity index (χ1v) is 17.7. The topological polar surface area (TPSA) is 51.8 Å². The molecular weight excluding hydrogens is 643 g/mol. The van der Waals surface area contributed by atoms with Crippen LogP contribution in [0.2, 0.25) is 0 Å². The second-order valence-corrected chi connectivity index (χ2v) is 13.5. The molecule has 3 aromatic heterocycles. The van der Waals surface area contributed by atoms with E-state index in [1.807, 2.05) is 61.5 Å².